The molecule has 1 heterocycles. The smallest absolute Gasteiger partial charge is 0.323 e. The third kappa shape index (κ3) is 8.91. The number of carboxylic acids is 1. The predicted molar refractivity (Wildman–Crippen MR) is 171 cm³/mol. The summed E-state index contributed by atoms with van der Waals surface area (Å²) in [6, 6.07) is 18.2. The number of para-hydroxylation sites is 1. The Hall–Kier alpha value is -5.72. The summed E-state index contributed by atoms with van der Waals surface area (Å²) in [6.45, 7) is 3.12. The molecule has 1 aliphatic rings. The highest BCUT2D eigenvalue weighted by Crippen LogP contribution is 2.29. The molecule has 0 atom stereocenters. The topological polar surface area (TPSA) is 174 Å². The molecule has 0 unspecified atom stereocenters. The van der Waals surface area contributed by atoms with Crippen LogP contribution in [0.15, 0.2) is 66.7 Å². The maximum Gasteiger partial charge on any atom is 0.323 e. The van der Waals surface area contributed by atoms with E-state index in [1.165, 1.54) is 17.0 Å². The highest BCUT2D eigenvalue weighted by molar-refractivity contribution is 6.11. The molecule has 0 radical (unpaired) electrons. The Morgan fingerprint density at radius 3 is 2.28 bits per heavy atom. The maximum atomic E-state index is 13.5. The molecule has 3 aromatic rings. The van der Waals surface area contributed by atoms with Crippen molar-refractivity contribution in [2.24, 2.45) is 0 Å². The molecular formula is C33H35N5O8. The van der Waals surface area contributed by atoms with Gasteiger partial charge in [0.25, 0.3) is 5.91 Å². The van der Waals surface area contributed by atoms with Crippen LogP contribution in [0.4, 0.5) is 27.5 Å². The average molecular weight is 630 g/mol. The lowest BCUT2D eigenvalue weighted by Gasteiger charge is -2.22. The van der Waals surface area contributed by atoms with Crippen molar-refractivity contribution in [1.82, 2.24) is 4.90 Å². The highest BCUT2D eigenvalue weighted by Gasteiger charge is 2.32. The first kappa shape index (κ1) is 33.2. The van der Waals surface area contributed by atoms with Crippen molar-refractivity contribution in [3.05, 3.63) is 83.4 Å². The van der Waals surface area contributed by atoms with Gasteiger partial charge in [0.15, 0.2) is 0 Å². The summed E-state index contributed by atoms with van der Waals surface area (Å²) in [4.78, 5) is 77.5. The minimum absolute atomic E-state index is 0.00436. The van der Waals surface area contributed by atoms with Crippen LogP contribution in [0.1, 0.15) is 41.3 Å². The number of aryl methyl sites for hydroxylation is 1. The molecule has 13 heteroatoms. The summed E-state index contributed by atoms with van der Waals surface area (Å²) in [5.74, 6) is -3.07. The number of amides is 5. The largest absolute Gasteiger partial charge is 0.481 e. The molecule has 0 spiro atoms. The molecule has 4 rings (SSSR count). The van der Waals surface area contributed by atoms with Gasteiger partial charge in [-0.15, -0.1) is 0 Å². The number of hydrogen-bond donors (Lipinski definition) is 4. The first-order chi connectivity index (χ1) is 22.0. The number of hydrogen-bond acceptors (Lipinski definition) is 7. The lowest BCUT2D eigenvalue weighted by molar-refractivity contribution is -0.143. The quantitative estimate of drug-likeness (QED) is 0.217. The van der Waals surface area contributed by atoms with Crippen LogP contribution < -0.4 is 20.9 Å². The first-order valence-electron chi connectivity index (χ1n) is 14.7. The van der Waals surface area contributed by atoms with Crippen molar-refractivity contribution in [2.45, 2.75) is 33.1 Å². The van der Waals surface area contributed by atoms with Gasteiger partial charge in [-0.05, 0) is 61.4 Å². The molecule has 13 nitrogen and oxygen atoms in total. The Bertz CT molecular complexity index is 1640. The number of rotatable bonds is 12. The standard InChI is InChI=1S/C33H35N5O8/c1-3-46-31(43)15-17-38-27-13-12-24(19-25(27)32(44)37(20-29(38)40)16-14-30(41)42)34-28(39)18-22-8-10-23(11-9-22)35-33(45)36-26-7-5-4-6-21(26)2/h4-13,19H,3,14-18,20H2,1-2H3,(H,34,39)(H,41,42)(H2,35,36,45). The van der Waals surface area contributed by atoms with Gasteiger partial charge in [0.2, 0.25) is 11.8 Å². The highest BCUT2D eigenvalue weighted by atomic mass is 16.5. The fourth-order valence-electron chi connectivity index (χ4n) is 4.83. The van der Waals surface area contributed by atoms with Crippen LogP contribution in [0, 0.1) is 6.92 Å². The second kappa shape index (κ2) is 15.3. The molecule has 5 amide bonds. The van der Waals surface area contributed by atoms with E-state index in [0.717, 1.165) is 10.5 Å². The average Bonchev–Trinajstić information content (AvgIpc) is 3.10. The number of carbonyl (C=O) groups is 6. The SMILES string of the molecule is CCOC(=O)CCN1C(=O)CN(CCC(=O)O)C(=O)c2cc(NC(=O)Cc3ccc(NC(=O)Nc4ccccc4C)cc3)ccc21. The van der Waals surface area contributed by atoms with Gasteiger partial charge < -0.3 is 35.6 Å². The molecule has 3 aromatic carbocycles. The van der Waals surface area contributed by atoms with Gasteiger partial charge in [-0.2, -0.15) is 0 Å². The Labute approximate surface area is 265 Å². The van der Waals surface area contributed by atoms with E-state index in [1.807, 2.05) is 25.1 Å². The maximum absolute atomic E-state index is 13.5. The lowest BCUT2D eigenvalue weighted by atomic mass is 10.1. The number of carbonyl (C=O) groups excluding carboxylic acids is 5. The Morgan fingerprint density at radius 2 is 1.59 bits per heavy atom. The van der Waals surface area contributed by atoms with Crippen LogP contribution >= 0.6 is 0 Å². The first-order valence-corrected chi connectivity index (χ1v) is 14.7. The van der Waals surface area contributed by atoms with Crippen molar-refractivity contribution in [3.63, 3.8) is 0 Å². The Morgan fingerprint density at radius 1 is 0.870 bits per heavy atom. The second-order valence-electron chi connectivity index (χ2n) is 10.5. The third-order valence-corrected chi connectivity index (χ3v) is 7.13. The van der Waals surface area contributed by atoms with E-state index in [1.54, 1.807) is 43.3 Å². The molecule has 46 heavy (non-hydrogen) atoms. The molecule has 0 saturated heterocycles. The molecule has 0 bridgehead atoms. The molecule has 0 fully saturated rings. The van der Waals surface area contributed by atoms with Crippen LogP contribution in [0.5, 0.6) is 0 Å². The van der Waals surface area contributed by atoms with Crippen LogP contribution in [-0.2, 0) is 30.3 Å². The molecular weight excluding hydrogens is 594 g/mol. The van der Waals surface area contributed by atoms with E-state index >= 15 is 0 Å². The van der Waals surface area contributed by atoms with Crippen molar-refractivity contribution in [3.8, 4) is 0 Å². The fraction of sp³-hybridized carbons (Fsp3) is 0.273. The summed E-state index contributed by atoms with van der Waals surface area (Å²) in [6.07, 6.45) is -0.471. The number of anilines is 4. The predicted octanol–water partition coefficient (Wildman–Crippen LogP) is 4.04. The van der Waals surface area contributed by atoms with Gasteiger partial charge in [-0.3, -0.25) is 24.0 Å². The molecule has 4 N–H and O–H groups in total. The van der Waals surface area contributed by atoms with E-state index < -0.39 is 29.8 Å². The number of benzene rings is 3. The number of urea groups is 1. The van der Waals surface area contributed by atoms with E-state index in [0.29, 0.717) is 22.6 Å². The van der Waals surface area contributed by atoms with Crippen molar-refractivity contribution >= 4 is 58.4 Å². The normalized spacial score (nSPS) is 12.6. The molecule has 0 aromatic heterocycles. The van der Waals surface area contributed by atoms with Crippen LogP contribution in [-0.4, -0.2) is 71.9 Å². The summed E-state index contributed by atoms with van der Waals surface area (Å²) in [5.41, 5.74) is 3.44. The van der Waals surface area contributed by atoms with Crippen LogP contribution in [0.3, 0.4) is 0 Å². The summed E-state index contributed by atoms with van der Waals surface area (Å²) < 4.78 is 4.97. The number of nitrogens with zero attached hydrogens (tertiary/aromatic N) is 2. The van der Waals surface area contributed by atoms with Gasteiger partial charge in [0.05, 0.1) is 37.1 Å². The van der Waals surface area contributed by atoms with Gasteiger partial charge in [0.1, 0.15) is 6.54 Å². The van der Waals surface area contributed by atoms with Crippen LogP contribution in [0.2, 0.25) is 0 Å². The molecule has 0 aliphatic carbocycles. The summed E-state index contributed by atoms with van der Waals surface area (Å²) >= 11 is 0. The molecule has 1 aliphatic heterocycles. The molecule has 0 saturated carbocycles. The Balaban J connectivity index is 1.44. The van der Waals surface area contributed by atoms with E-state index in [2.05, 4.69) is 16.0 Å². The number of ether oxygens (including phenoxy) is 1. The van der Waals surface area contributed by atoms with Gasteiger partial charge >= 0.3 is 18.0 Å². The fourth-order valence-corrected chi connectivity index (χ4v) is 4.83. The Kier molecular flexibility index (Phi) is 11.1. The minimum atomic E-state index is -1.13. The van der Waals surface area contributed by atoms with E-state index in [9.17, 15) is 28.8 Å². The van der Waals surface area contributed by atoms with E-state index in [4.69, 9.17) is 9.84 Å². The molecule has 240 valence electrons. The zero-order valence-corrected chi connectivity index (χ0v) is 25.5. The number of carboxylic acid groups (broad SMARTS) is 1. The summed E-state index contributed by atoms with van der Waals surface area (Å²) in [7, 11) is 0. The van der Waals surface area contributed by atoms with Crippen molar-refractivity contribution in [1.29, 1.82) is 0 Å². The number of esters is 1. The summed E-state index contributed by atoms with van der Waals surface area (Å²) in [5, 5.41) is 17.4. The number of nitrogens with one attached hydrogen (secondary N) is 3. The number of aliphatic carboxylic acids is 1. The van der Waals surface area contributed by atoms with Crippen molar-refractivity contribution < 1.29 is 38.6 Å². The van der Waals surface area contributed by atoms with Gasteiger partial charge in [-0.25, -0.2) is 4.79 Å². The monoisotopic (exact) mass is 629 g/mol. The van der Waals surface area contributed by atoms with Gasteiger partial charge in [0, 0.05) is 30.2 Å². The van der Waals surface area contributed by atoms with Gasteiger partial charge in [-0.1, -0.05) is 30.3 Å². The number of fused-ring (bicyclic) bond motifs is 1. The zero-order chi connectivity index (χ0) is 33.2. The zero-order valence-electron chi connectivity index (χ0n) is 25.5. The second-order valence-corrected chi connectivity index (χ2v) is 10.5. The minimum Gasteiger partial charge on any atom is -0.481 e. The lowest BCUT2D eigenvalue weighted by Crippen LogP contribution is -2.41. The van der Waals surface area contributed by atoms with E-state index in [-0.39, 0.29) is 62.7 Å². The third-order valence-electron chi connectivity index (χ3n) is 7.13. The van der Waals surface area contributed by atoms with Crippen molar-refractivity contribution in [2.75, 3.05) is 47.1 Å². The van der Waals surface area contributed by atoms with Crippen LogP contribution in [0.25, 0.3) is 0 Å².